The molecule has 2 unspecified atom stereocenters. The molecule has 1 aliphatic heterocycles. The van der Waals surface area contributed by atoms with Gasteiger partial charge in [0.25, 0.3) is 0 Å². The van der Waals surface area contributed by atoms with Crippen molar-refractivity contribution in [1.29, 1.82) is 0 Å². The summed E-state index contributed by atoms with van der Waals surface area (Å²) in [5, 5.41) is 3.56. The highest BCUT2D eigenvalue weighted by Gasteiger charge is 2.40. The van der Waals surface area contributed by atoms with Crippen LogP contribution in [-0.2, 0) is 6.54 Å². The summed E-state index contributed by atoms with van der Waals surface area (Å²) in [4.78, 5) is 18.0. The van der Waals surface area contributed by atoms with E-state index in [0.29, 0.717) is 23.8 Å². The minimum absolute atomic E-state index is 0.0573. The minimum atomic E-state index is 0.0573. The number of carbonyl (C=O) groups is 1. The summed E-state index contributed by atoms with van der Waals surface area (Å²) in [6.07, 6.45) is 6.38. The van der Waals surface area contributed by atoms with Crippen molar-refractivity contribution < 1.29 is 4.79 Å². The van der Waals surface area contributed by atoms with E-state index in [2.05, 4.69) is 10.3 Å². The van der Waals surface area contributed by atoms with Crippen molar-refractivity contribution in [1.82, 2.24) is 15.2 Å². The van der Waals surface area contributed by atoms with Gasteiger partial charge in [0.05, 0.1) is 12.1 Å². The number of aromatic nitrogens is 1. The zero-order chi connectivity index (χ0) is 12.5. The van der Waals surface area contributed by atoms with Crippen LogP contribution in [0.2, 0.25) is 5.15 Å². The molecule has 18 heavy (non-hydrogen) atoms. The third-order valence-electron chi connectivity index (χ3n) is 3.84. The molecule has 3 rings (SSSR count). The number of urea groups is 1. The van der Waals surface area contributed by atoms with Gasteiger partial charge in [0.1, 0.15) is 5.15 Å². The lowest BCUT2D eigenvalue weighted by molar-refractivity contribution is 0.186. The van der Waals surface area contributed by atoms with Gasteiger partial charge in [-0.1, -0.05) is 30.5 Å². The maximum Gasteiger partial charge on any atom is 0.318 e. The van der Waals surface area contributed by atoms with Crippen LogP contribution in [0.3, 0.4) is 0 Å². The number of carbonyl (C=O) groups excluding carboxylic acids is 1. The molecule has 2 aliphatic rings. The lowest BCUT2D eigenvalue weighted by Gasteiger charge is -2.29. The number of hydrogen-bond donors (Lipinski definition) is 1. The number of amides is 2. The molecule has 96 valence electrons. The van der Waals surface area contributed by atoms with Crippen LogP contribution in [-0.4, -0.2) is 28.0 Å². The van der Waals surface area contributed by atoms with Crippen LogP contribution < -0.4 is 5.32 Å². The number of hydrogen-bond acceptors (Lipinski definition) is 2. The molecule has 1 aliphatic carbocycles. The van der Waals surface area contributed by atoms with Crippen molar-refractivity contribution >= 4 is 17.6 Å². The van der Waals surface area contributed by atoms with E-state index in [9.17, 15) is 4.79 Å². The van der Waals surface area contributed by atoms with E-state index in [1.807, 2.05) is 11.0 Å². The molecular weight excluding hydrogens is 250 g/mol. The minimum Gasteiger partial charge on any atom is -0.333 e. The Bertz CT molecular complexity index is 448. The predicted molar refractivity (Wildman–Crippen MR) is 69.4 cm³/mol. The maximum atomic E-state index is 12.0. The summed E-state index contributed by atoms with van der Waals surface area (Å²) in [7, 11) is 0. The van der Waals surface area contributed by atoms with Crippen LogP contribution in [0.4, 0.5) is 4.79 Å². The lowest BCUT2D eigenvalue weighted by atomic mass is 9.91. The van der Waals surface area contributed by atoms with E-state index in [1.54, 1.807) is 12.3 Å². The Hall–Kier alpha value is -1.29. The van der Waals surface area contributed by atoms with Gasteiger partial charge in [0.15, 0.2) is 0 Å². The Morgan fingerprint density at radius 2 is 2.22 bits per heavy atom. The number of nitrogens with zero attached hydrogens (tertiary/aromatic N) is 2. The number of pyridine rings is 1. The second-order valence-electron chi connectivity index (χ2n) is 5.02. The summed E-state index contributed by atoms with van der Waals surface area (Å²) < 4.78 is 0. The standard InChI is InChI=1S/C13H16ClN3O/c14-12-6-5-9(7-15-12)8-17-11-4-2-1-3-10(11)16-13(17)18/h5-7,10-11H,1-4,8H2,(H,16,18). The Morgan fingerprint density at radius 1 is 1.39 bits per heavy atom. The third kappa shape index (κ3) is 2.17. The molecule has 1 aromatic heterocycles. The van der Waals surface area contributed by atoms with Gasteiger partial charge in [0, 0.05) is 12.7 Å². The molecule has 2 fully saturated rings. The van der Waals surface area contributed by atoms with Crippen molar-refractivity contribution in [2.45, 2.75) is 44.3 Å². The first kappa shape index (κ1) is 11.8. The van der Waals surface area contributed by atoms with Gasteiger partial charge in [-0.15, -0.1) is 0 Å². The first-order valence-electron chi connectivity index (χ1n) is 6.41. The highest BCUT2D eigenvalue weighted by Crippen LogP contribution is 2.29. The lowest BCUT2D eigenvalue weighted by Crippen LogP contribution is -2.38. The van der Waals surface area contributed by atoms with E-state index in [1.165, 1.54) is 12.8 Å². The number of halogens is 1. The Labute approximate surface area is 111 Å². The van der Waals surface area contributed by atoms with Crippen molar-refractivity contribution in [2.75, 3.05) is 0 Å². The summed E-state index contributed by atoms with van der Waals surface area (Å²) in [6, 6.07) is 4.44. The molecule has 1 saturated heterocycles. The third-order valence-corrected chi connectivity index (χ3v) is 4.06. The first-order valence-corrected chi connectivity index (χ1v) is 6.79. The van der Waals surface area contributed by atoms with E-state index >= 15 is 0 Å². The van der Waals surface area contributed by atoms with Crippen molar-refractivity contribution in [3.05, 3.63) is 29.0 Å². The maximum absolute atomic E-state index is 12.0. The van der Waals surface area contributed by atoms with Gasteiger partial charge < -0.3 is 10.2 Å². The molecule has 1 aromatic rings. The van der Waals surface area contributed by atoms with Crippen LogP contribution >= 0.6 is 11.6 Å². The summed E-state index contributed by atoms with van der Waals surface area (Å²) in [6.45, 7) is 0.622. The largest absolute Gasteiger partial charge is 0.333 e. The van der Waals surface area contributed by atoms with Crippen LogP contribution in [0.25, 0.3) is 0 Å². The zero-order valence-electron chi connectivity index (χ0n) is 10.1. The normalized spacial score (nSPS) is 26.9. The monoisotopic (exact) mass is 265 g/mol. The van der Waals surface area contributed by atoms with E-state index in [4.69, 9.17) is 11.6 Å². The highest BCUT2D eigenvalue weighted by molar-refractivity contribution is 6.29. The second-order valence-corrected chi connectivity index (χ2v) is 5.41. The fourth-order valence-electron chi connectivity index (χ4n) is 2.93. The molecule has 0 spiro atoms. The second kappa shape index (κ2) is 4.76. The van der Waals surface area contributed by atoms with Gasteiger partial charge in [-0.2, -0.15) is 0 Å². The molecule has 0 radical (unpaired) electrons. The van der Waals surface area contributed by atoms with Gasteiger partial charge in [-0.25, -0.2) is 9.78 Å². The van der Waals surface area contributed by atoms with Crippen molar-refractivity contribution in [3.8, 4) is 0 Å². The number of fused-ring (bicyclic) bond motifs is 1. The molecule has 5 heteroatoms. The average molecular weight is 266 g/mol. The summed E-state index contributed by atoms with van der Waals surface area (Å²) >= 11 is 5.76. The fourth-order valence-corrected chi connectivity index (χ4v) is 3.04. The summed E-state index contributed by atoms with van der Waals surface area (Å²) in [5.41, 5.74) is 1.03. The van der Waals surface area contributed by atoms with Gasteiger partial charge >= 0.3 is 6.03 Å². The fraction of sp³-hybridized carbons (Fsp3) is 0.538. The van der Waals surface area contributed by atoms with Crippen molar-refractivity contribution in [2.24, 2.45) is 0 Å². The molecule has 4 nitrogen and oxygen atoms in total. The topological polar surface area (TPSA) is 45.2 Å². The quantitative estimate of drug-likeness (QED) is 0.836. The molecule has 2 amide bonds. The molecule has 1 N–H and O–H groups in total. The number of nitrogens with one attached hydrogen (secondary N) is 1. The van der Waals surface area contributed by atoms with Gasteiger partial charge in [0.2, 0.25) is 0 Å². The SMILES string of the molecule is O=C1NC2CCCCC2N1Cc1ccc(Cl)nc1. The smallest absolute Gasteiger partial charge is 0.318 e. The average Bonchev–Trinajstić information content (AvgIpc) is 2.69. The highest BCUT2D eigenvalue weighted by atomic mass is 35.5. The van der Waals surface area contributed by atoms with Crippen LogP contribution in [0.1, 0.15) is 31.2 Å². The Balaban J connectivity index is 1.75. The molecule has 0 bridgehead atoms. The van der Waals surface area contributed by atoms with Crippen molar-refractivity contribution in [3.63, 3.8) is 0 Å². The number of rotatable bonds is 2. The van der Waals surface area contributed by atoms with Crippen LogP contribution in [0.5, 0.6) is 0 Å². The molecule has 2 heterocycles. The molecule has 2 atom stereocenters. The zero-order valence-corrected chi connectivity index (χ0v) is 10.9. The van der Waals surface area contributed by atoms with E-state index in [0.717, 1.165) is 18.4 Å². The van der Waals surface area contributed by atoms with E-state index in [-0.39, 0.29) is 6.03 Å². The van der Waals surface area contributed by atoms with Crippen LogP contribution in [0, 0.1) is 0 Å². The van der Waals surface area contributed by atoms with Gasteiger partial charge in [-0.05, 0) is 24.5 Å². The Morgan fingerprint density at radius 3 is 3.00 bits per heavy atom. The first-order chi connectivity index (χ1) is 8.74. The predicted octanol–water partition coefficient (Wildman–Crippen LogP) is 2.57. The molecule has 0 aromatic carbocycles. The van der Waals surface area contributed by atoms with Gasteiger partial charge in [-0.3, -0.25) is 0 Å². The Kier molecular flexibility index (Phi) is 3.12. The van der Waals surface area contributed by atoms with Crippen LogP contribution in [0.15, 0.2) is 18.3 Å². The van der Waals surface area contributed by atoms with E-state index < -0.39 is 0 Å². The summed E-state index contributed by atoms with van der Waals surface area (Å²) in [5.74, 6) is 0. The molecule has 1 saturated carbocycles. The molecular formula is C13H16ClN3O.